The molecule has 4 nitrogen and oxygen atoms in total. The first-order chi connectivity index (χ1) is 45.1. The number of rotatable bonds is 12. The Morgan fingerprint density at radius 1 is 0.198 bits per heavy atom. The molecule has 428 valence electrons. The zero-order valence-corrected chi connectivity index (χ0v) is 50.2. The van der Waals surface area contributed by atoms with E-state index in [2.05, 4.69) is 372 Å². The first kappa shape index (κ1) is 53.3. The zero-order chi connectivity index (χ0) is 60.4. The van der Waals surface area contributed by atoms with E-state index in [0.717, 1.165) is 56.6 Å². The van der Waals surface area contributed by atoms with Gasteiger partial charge in [0.2, 0.25) is 0 Å². The summed E-state index contributed by atoms with van der Waals surface area (Å²) in [4.78, 5) is 4.73. The van der Waals surface area contributed by atoms with Crippen molar-refractivity contribution in [3.05, 3.63) is 351 Å². The molecule has 0 N–H and O–H groups in total. The van der Waals surface area contributed by atoms with Crippen molar-refractivity contribution in [2.24, 2.45) is 0 Å². The van der Waals surface area contributed by atoms with Gasteiger partial charge in [-0.15, -0.1) is 0 Å². The van der Waals surface area contributed by atoms with E-state index in [4.69, 9.17) is 0 Å². The van der Waals surface area contributed by atoms with Gasteiger partial charge < -0.3 is 18.9 Å². The molecule has 2 heterocycles. The molecule has 0 aliphatic carbocycles. The highest BCUT2D eigenvalue weighted by molar-refractivity contribution is 6.22. The van der Waals surface area contributed by atoms with Crippen LogP contribution in [0.2, 0.25) is 0 Å². The van der Waals surface area contributed by atoms with Gasteiger partial charge >= 0.3 is 0 Å². The summed E-state index contributed by atoms with van der Waals surface area (Å²) in [5.74, 6) is 0. The molecule has 0 aliphatic heterocycles. The highest BCUT2D eigenvalue weighted by Gasteiger charge is 2.22. The molecule has 0 saturated heterocycles. The van der Waals surface area contributed by atoms with Crippen molar-refractivity contribution in [1.82, 2.24) is 9.13 Å². The van der Waals surface area contributed by atoms with E-state index in [9.17, 15) is 0 Å². The smallest absolute Gasteiger partial charge is 0.0542 e. The number of para-hydroxylation sites is 6. The van der Waals surface area contributed by atoms with E-state index >= 15 is 0 Å². The molecule has 2 aromatic heterocycles. The molecular weight excluding hydrogens is 1100 g/mol. The lowest BCUT2D eigenvalue weighted by Gasteiger charge is -2.26. The Bertz CT molecular complexity index is 5540. The quantitative estimate of drug-likeness (QED) is 0.113. The molecule has 91 heavy (non-hydrogen) atoms. The number of aromatic nitrogens is 2. The van der Waals surface area contributed by atoms with Gasteiger partial charge in [0.25, 0.3) is 0 Å². The van der Waals surface area contributed by atoms with Crippen molar-refractivity contribution in [1.29, 1.82) is 0 Å². The van der Waals surface area contributed by atoms with Crippen molar-refractivity contribution >= 4 is 99.3 Å². The SMILES string of the molecule is Cc1ccc2c(-c3ccc(-c4ccc(N(c5ccccc5)c5ccc6c(c5)c5ccccc5n6-c5ccccc5)cc4)cc3)c3ccccc3c(-c3ccc(-c4ccc(N(c5ccccc5)c5ccc6c(c5)c5ccccc5n6-c5ccccc5)cc4)cc3)c2c1. The topological polar surface area (TPSA) is 16.3 Å². The van der Waals surface area contributed by atoms with Crippen LogP contribution in [0, 0.1) is 6.92 Å². The summed E-state index contributed by atoms with van der Waals surface area (Å²) in [6.07, 6.45) is 0. The highest BCUT2D eigenvalue weighted by atomic mass is 15.1. The lowest BCUT2D eigenvalue weighted by molar-refractivity contribution is 1.18. The maximum atomic E-state index is 2.38. The lowest BCUT2D eigenvalue weighted by Crippen LogP contribution is -2.09. The van der Waals surface area contributed by atoms with Crippen LogP contribution in [0.4, 0.5) is 34.1 Å². The largest absolute Gasteiger partial charge is 0.310 e. The van der Waals surface area contributed by atoms with Crippen LogP contribution in [0.1, 0.15) is 5.56 Å². The molecule has 0 unspecified atom stereocenters. The minimum Gasteiger partial charge on any atom is -0.310 e. The second-order valence-electron chi connectivity index (χ2n) is 23.7. The van der Waals surface area contributed by atoms with Crippen molar-refractivity contribution in [3.63, 3.8) is 0 Å². The van der Waals surface area contributed by atoms with Crippen LogP contribution in [0.25, 0.3) is 121 Å². The lowest BCUT2D eigenvalue weighted by atomic mass is 9.85. The second kappa shape index (κ2) is 22.3. The molecular formula is C87H60N4. The Balaban J connectivity index is 0.676. The molecule has 15 aromatic carbocycles. The standard InChI is InChI=1S/C87H60N4/c1-59-34-53-78-81(56-59)87(65-41-37-61(38-42-65)63-45-49-71(50-46-63)89(67-22-8-3-9-23-67)73-52-55-85-80(58-73)75-29-17-19-33-83(75)91(85)69-26-12-5-13-27-69)77-31-15-14-30-76(77)86(78)64-39-35-60(36-40-64)62-43-47-70(48-44-62)88(66-20-6-2-7-21-66)72-51-54-84-79(57-72)74-28-16-18-32-82(74)90(84)68-24-10-4-11-25-68/h2-58H,1H3. The van der Waals surface area contributed by atoms with E-state index in [0.29, 0.717) is 0 Å². The number of aryl methyl sites for hydroxylation is 1. The monoisotopic (exact) mass is 1160 g/mol. The molecule has 0 radical (unpaired) electrons. The summed E-state index contributed by atoms with van der Waals surface area (Å²) >= 11 is 0. The number of hydrogen-bond acceptors (Lipinski definition) is 2. The summed E-state index contributed by atoms with van der Waals surface area (Å²) in [6.45, 7) is 2.20. The maximum absolute atomic E-state index is 2.38. The van der Waals surface area contributed by atoms with Crippen molar-refractivity contribution in [3.8, 4) is 55.9 Å². The van der Waals surface area contributed by atoms with Gasteiger partial charge in [0.1, 0.15) is 0 Å². The maximum Gasteiger partial charge on any atom is 0.0542 e. The number of anilines is 6. The first-order valence-corrected chi connectivity index (χ1v) is 31.3. The molecule has 0 fully saturated rings. The van der Waals surface area contributed by atoms with Crippen LogP contribution in [0.15, 0.2) is 346 Å². The average Bonchev–Trinajstić information content (AvgIpc) is 1.39. The summed E-state index contributed by atoms with van der Waals surface area (Å²) in [5.41, 5.74) is 24.4. The molecule has 17 aromatic rings. The van der Waals surface area contributed by atoms with Crippen LogP contribution < -0.4 is 9.80 Å². The van der Waals surface area contributed by atoms with E-state index in [1.54, 1.807) is 0 Å². The van der Waals surface area contributed by atoms with Crippen molar-refractivity contribution in [2.45, 2.75) is 6.92 Å². The van der Waals surface area contributed by atoms with Gasteiger partial charge in [-0.3, -0.25) is 0 Å². The third-order valence-corrected chi connectivity index (χ3v) is 18.3. The Kier molecular flexibility index (Phi) is 13.1. The van der Waals surface area contributed by atoms with Crippen LogP contribution in [0.3, 0.4) is 0 Å². The van der Waals surface area contributed by atoms with Gasteiger partial charge in [0.05, 0.1) is 22.1 Å². The molecule has 17 rings (SSSR count). The fourth-order valence-corrected chi connectivity index (χ4v) is 14.1. The van der Waals surface area contributed by atoms with Gasteiger partial charge in [-0.1, -0.05) is 230 Å². The van der Waals surface area contributed by atoms with Gasteiger partial charge in [-0.05, 0) is 194 Å². The van der Waals surface area contributed by atoms with Gasteiger partial charge in [0.15, 0.2) is 0 Å². The molecule has 4 heteroatoms. The number of benzene rings is 15. The Hall–Kier alpha value is -12.0. The van der Waals surface area contributed by atoms with Crippen molar-refractivity contribution < 1.29 is 0 Å². The summed E-state index contributed by atoms with van der Waals surface area (Å²) in [5, 5.41) is 9.86. The number of nitrogens with zero attached hydrogens (tertiary/aromatic N) is 4. The fraction of sp³-hybridized carbons (Fsp3) is 0.0115. The predicted molar refractivity (Wildman–Crippen MR) is 386 cm³/mol. The summed E-state index contributed by atoms with van der Waals surface area (Å²) in [6, 6.07) is 126. The molecule has 0 aliphatic rings. The van der Waals surface area contributed by atoms with E-state index in [1.807, 2.05) is 0 Å². The predicted octanol–water partition coefficient (Wildman–Crippen LogP) is 24.1. The molecule has 0 spiro atoms. The van der Waals surface area contributed by atoms with Crippen LogP contribution in [-0.4, -0.2) is 9.13 Å². The van der Waals surface area contributed by atoms with E-state index in [-0.39, 0.29) is 0 Å². The Labute approximate surface area is 529 Å². The molecule has 0 amide bonds. The first-order valence-electron chi connectivity index (χ1n) is 31.3. The minimum absolute atomic E-state index is 1.09. The summed E-state index contributed by atoms with van der Waals surface area (Å²) < 4.78 is 4.74. The van der Waals surface area contributed by atoms with Crippen LogP contribution >= 0.6 is 0 Å². The third kappa shape index (κ3) is 9.31. The minimum atomic E-state index is 1.09. The number of hydrogen-bond donors (Lipinski definition) is 0. The van der Waals surface area contributed by atoms with Crippen LogP contribution in [-0.2, 0) is 0 Å². The zero-order valence-electron chi connectivity index (χ0n) is 50.2. The second-order valence-corrected chi connectivity index (χ2v) is 23.7. The Morgan fingerprint density at radius 2 is 0.495 bits per heavy atom. The van der Waals surface area contributed by atoms with Gasteiger partial charge in [-0.2, -0.15) is 0 Å². The molecule has 0 atom stereocenters. The molecule has 0 bridgehead atoms. The Morgan fingerprint density at radius 3 is 0.912 bits per heavy atom. The van der Waals surface area contributed by atoms with Gasteiger partial charge in [0, 0.05) is 67.0 Å². The number of fused-ring (bicyclic) bond motifs is 8. The van der Waals surface area contributed by atoms with Gasteiger partial charge in [-0.25, -0.2) is 0 Å². The normalized spacial score (nSPS) is 11.6. The fourth-order valence-electron chi connectivity index (χ4n) is 14.1. The average molecular weight is 1160 g/mol. The van der Waals surface area contributed by atoms with E-state index in [1.165, 1.54) is 104 Å². The third-order valence-electron chi connectivity index (χ3n) is 18.3. The van der Waals surface area contributed by atoms with Crippen LogP contribution in [0.5, 0.6) is 0 Å². The molecule has 0 saturated carbocycles. The highest BCUT2D eigenvalue weighted by Crippen LogP contribution is 2.47. The van der Waals surface area contributed by atoms with Crippen molar-refractivity contribution in [2.75, 3.05) is 9.80 Å². The van der Waals surface area contributed by atoms with E-state index < -0.39 is 0 Å². The summed E-state index contributed by atoms with van der Waals surface area (Å²) in [7, 11) is 0.